The Kier molecular flexibility index (Phi) is 11.6. The van der Waals surface area contributed by atoms with Crippen LogP contribution < -0.4 is 0 Å². The number of carbonyl (C=O) groups is 1. The number of alkyl halides is 16. The lowest BCUT2D eigenvalue weighted by Crippen LogP contribution is -2.72. The van der Waals surface area contributed by atoms with Crippen LogP contribution in [0.3, 0.4) is 0 Å². The number of phenols is 1. The van der Waals surface area contributed by atoms with Crippen LogP contribution in [0.15, 0.2) is 30.1 Å². The number of unbranched alkanes of at least 4 members (excludes halogenated alkanes) is 2. The van der Waals surface area contributed by atoms with Crippen LogP contribution in [0, 0.1) is 23.2 Å². The van der Waals surface area contributed by atoms with Gasteiger partial charge in [-0.05, 0) is 92.8 Å². The number of fused-ring (bicyclic) bond motifs is 5. The Morgan fingerprint density at radius 3 is 2.04 bits per heavy atom. The van der Waals surface area contributed by atoms with Crippen molar-refractivity contribution in [1.82, 2.24) is 4.90 Å². The van der Waals surface area contributed by atoms with Gasteiger partial charge in [0.25, 0.3) is 0 Å². The van der Waals surface area contributed by atoms with E-state index >= 15 is 4.39 Å². The second kappa shape index (κ2) is 14.3. The number of ketones is 1. The van der Waals surface area contributed by atoms with E-state index in [1.807, 2.05) is 0 Å². The van der Waals surface area contributed by atoms with Crippen molar-refractivity contribution >= 4 is 5.78 Å². The van der Waals surface area contributed by atoms with Gasteiger partial charge < -0.3 is 10.0 Å². The van der Waals surface area contributed by atoms with E-state index < -0.39 is 77.7 Å². The number of aromatic hydroxyl groups is 1. The fourth-order valence-corrected chi connectivity index (χ4v) is 8.37. The molecule has 0 aromatic heterocycles. The van der Waals surface area contributed by atoms with E-state index in [4.69, 9.17) is 0 Å². The van der Waals surface area contributed by atoms with Gasteiger partial charge in [-0.1, -0.05) is 25.8 Å². The van der Waals surface area contributed by atoms with Gasteiger partial charge in [0, 0.05) is 24.3 Å². The van der Waals surface area contributed by atoms with Crippen LogP contribution in [-0.2, 0) is 11.2 Å². The number of halogens is 17. The summed E-state index contributed by atoms with van der Waals surface area (Å²) in [5.41, 5.74) is 0.706. The number of carbonyl (C=O) groups excluding carboxylic acids is 1. The number of benzene rings is 1. The topological polar surface area (TPSA) is 40.5 Å². The Morgan fingerprint density at radius 2 is 1.44 bits per heavy atom. The third-order valence-electron chi connectivity index (χ3n) is 11.4. The van der Waals surface area contributed by atoms with Crippen molar-refractivity contribution in [3.8, 4) is 5.75 Å². The molecule has 308 valence electrons. The summed E-state index contributed by atoms with van der Waals surface area (Å²) in [5, 5.41) is 10.1. The summed E-state index contributed by atoms with van der Waals surface area (Å²) < 4.78 is 231. The molecule has 0 heterocycles. The monoisotopic (exact) mass is 813 g/mol. The van der Waals surface area contributed by atoms with Crippen molar-refractivity contribution in [2.45, 2.75) is 112 Å². The van der Waals surface area contributed by atoms with Gasteiger partial charge in [-0.3, -0.25) is 4.79 Å². The van der Waals surface area contributed by atoms with Crippen LogP contribution in [0.1, 0.15) is 68.9 Å². The second-order valence-corrected chi connectivity index (χ2v) is 14.8. The van der Waals surface area contributed by atoms with Crippen molar-refractivity contribution in [3.63, 3.8) is 0 Å². The van der Waals surface area contributed by atoms with Gasteiger partial charge in [-0.2, -0.15) is 65.9 Å². The Labute approximate surface area is 297 Å². The number of nitrogens with zero attached hydrogens (tertiary/aromatic N) is 1. The summed E-state index contributed by atoms with van der Waals surface area (Å²) >= 11 is 0. The fourth-order valence-electron chi connectivity index (χ4n) is 8.37. The molecule has 0 saturated heterocycles. The standard InChI is InChI=1S/C34H36F17NO2/c1-27-16-22(35)26-20-8-7-19(53)15-18(20)14-17(25(26)21(27)9-10-24(27)54)6-4-3-5-12-52(2)13-11-23(36)28(37,38)29(39,40)30(41,42)31(43,44)32(45,46)33(47,48)34(49,50)51/h7-8,11,15,17,21-22,25-26,53H,3-6,9-10,12-14,16H2,1-2H3/t17?,21-,22?,25-,26-,27-/m0/s1. The summed E-state index contributed by atoms with van der Waals surface area (Å²) in [7, 11) is 1.10. The molecule has 0 aliphatic heterocycles. The van der Waals surface area contributed by atoms with Gasteiger partial charge in [-0.15, -0.1) is 0 Å². The minimum absolute atomic E-state index is 0.00218. The number of hydrogen-bond acceptors (Lipinski definition) is 3. The molecule has 3 nitrogen and oxygen atoms in total. The van der Waals surface area contributed by atoms with E-state index in [0.29, 0.717) is 38.5 Å². The molecule has 2 saturated carbocycles. The Bertz CT molecular complexity index is 1580. The fraction of sp³-hybridized carbons (Fsp3) is 0.735. The Morgan fingerprint density at radius 1 is 0.870 bits per heavy atom. The number of rotatable bonds is 14. The molecule has 2 unspecified atom stereocenters. The highest BCUT2D eigenvalue weighted by molar-refractivity contribution is 5.87. The molecular formula is C34H36F17NO2. The van der Waals surface area contributed by atoms with Crippen molar-refractivity contribution in [1.29, 1.82) is 0 Å². The number of likely N-dealkylation sites (N-methyl/N-ethyl adjacent to an activating group) is 1. The normalized spacial score (nSPS) is 27.6. The maximum Gasteiger partial charge on any atom is 0.460 e. The summed E-state index contributed by atoms with van der Waals surface area (Å²) in [6, 6.07) is 4.73. The average Bonchev–Trinajstić information content (AvgIpc) is 3.34. The highest BCUT2D eigenvalue weighted by Gasteiger charge is 2.93. The van der Waals surface area contributed by atoms with Crippen LogP contribution in [0.2, 0.25) is 0 Å². The molecule has 3 aliphatic rings. The van der Waals surface area contributed by atoms with Crippen LogP contribution in [-0.4, -0.2) is 83.8 Å². The van der Waals surface area contributed by atoms with E-state index in [9.17, 15) is 80.1 Å². The summed E-state index contributed by atoms with van der Waals surface area (Å²) in [5.74, 6) is -52.9. The van der Waals surface area contributed by atoms with E-state index in [1.165, 1.54) is 6.07 Å². The molecule has 0 bridgehead atoms. The van der Waals surface area contributed by atoms with Gasteiger partial charge in [0.05, 0.1) is 0 Å². The Hall–Kier alpha value is -2.80. The largest absolute Gasteiger partial charge is 0.508 e. The molecule has 1 N–H and O–H groups in total. The molecule has 1 aromatic carbocycles. The number of hydrogen-bond donors (Lipinski definition) is 1. The van der Waals surface area contributed by atoms with Crippen molar-refractivity contribution < 1.29 is 84.5 Å². The zero-order valence-corrected chi connectivity index (χ0v) is 28.5. The minimum Gasteiger partial charge on any atom is -0.508 e. The second-order valence-electron chi connectivity index (χ2n) is 14.8. The van der Waals surface area contributed by atoms with Crippen molar-refractivity contribution in [2.75, 3.05) is 20.1 Å². The Balaban J connectivity index is 1.38. The molecule has 3 aliphatic carbocycles. The van der Waals surface area contributed by atoms with E-state index in [1.54, 1.807) is 19.1 Å². The van der Waals surface area contributed by atoms with Crippen LogP contribution >= 0.6 is 0 Å². The molecule has 0 spiro atoms. The van der Waals surface area contributed by atoms with E-state index in [0.717, 1.165) is 23.1 Å². The van der Waals surface area contributed by atoms with Gasteiger partial charge in [0.2, 0.25) is 0 Å². The molecular weight excluding hydrogens is 777 g/mol. The molecule has 1 aromatic rings. The first-order valence-electron chi connectivity index (χ1n) is 16.8. The first-order chi connectivity index (χ1) is 24.4. The predicted octanol–water partition coefficient (Wildman–Crippen LogP) is 10.7. The maximum absolute atomic E-state index is 15.9. The SMILES string of the molecule is CN(CC=C(F)C(F)(F)C(F)(F)C(F)(F)C(F)(F)C(F)(F)C(F)(F)C(F)(F)F)CCCCCC1Cc2cc(O)ccc2[C@H]2C(F)C[C@]3(C)C(=O)CC[C@H]3[C@H]12. The van der Waals surface area contributed by atoms with Gasteiger partial charge >= 0.3 is 41.7 Å². The molecule has 6 atom stereocenters. The zero-order valence-electron chi connectivity index (χ0n) is 28.5. The summed E-state index contributed by atoms with van der Waals surface area (Å²) in [6.07, 6.45) is -6.47. The molecule has 4 rings (SSSR count). The van der Waals surface area contributed by atoms with Gasteiger partial charge in [0.15, 0.2) is 5.83 Å². The molecule has 20 heteroatoms. The van der Waals surface area contributed by atoms with Crippen LogP contribution in [0.25, 0.3) is 0 Å². The summed E-state index contributed by atoms with van der Waals surface area (Å²) in [4.78, 5) is 13.8. The van der Waals surface area contributed by atoms with Gasteiger partial charge in [0.1, 0.15) is 17.7 Å². The maximum atomic E-state index is 15.9. The third kappa shape index (κ3) is 6.85. The van der Waals surface area contributed by atoms with Crippen LogP contribution in [0.4, 0.5) is 74.6 Å². The van der Waals surface area contributed by atoms with E-state index in [-0.39, 0.29) is 48.7 Å². The zero-order chi connectivity index (χ0) is 41.3. The minimum atomic E-state index is -8.49. The predicted molar refractivity (Wildman–Crippen MR) is 158 cm³/mol. The summed E-state index contributed by atoms with van der Waals surface area (Å²) in [6.45, 7) is 0.580. The van der Waals surface area contributed by atoms with Crippen LogP contribution in [0.5, 0.6) is 5.75 Å². The molecule has 0 amide bonds. The quantitative estimate of drug-likeness (QED) is 0.150. The lowest BCUT2D eigenvalue weighted by atomic mass is 9.51. The van der Waals surface area contributed by atoms with E-state index in [2.05, 4.69) is 0 Å². The first-order valence-corrected chi connectivity index (χ1v) is 16.8. The third-order valence-corrected chi connectivity index (χ3v) is 11.4. The lowest BCUT2D eigenvalue weighted by molar-refractivity contribution is -0.450. The molecule has 0 radical (unpaired) electrons. The lowest BCUT2D eigenvalue weighted by Gasteiger charge is -2.53. The van der Waals surface area contributed by atoms with Gasteiger partial charge in [-0.25, -0.2) is 8.78 Å². The highest BCUT2D eigenvalue weighted by atomic mass is 19.4. The highest BCUT2D eigenvalue weighted by Crippen LogP contribution is 2.64. The molecule has 2 fully saturated rings. The average molecular weight is 814 g/mol. The number of allylic oxidation sites excluding steroid dienone is 1. The molecule has 54 heavy (non-hydrogen) atoms. The van der Waals surface area contributed by atoms with Crippen molar-refractivity contribution in [2.24, 2.45) is 23.2 Å². The number of Topliss-reactive ketones (excluding diaryl/α,β-unsaturated/α-hetero) is 1. The first kappa shape index (κ1) is 43.9. The smallest absolute Gasteiger partial charge is 0.460 e. The number of phenolic OH excluding ortho intramolecular Hbond substituents is 1. The van der Waals surface area contributed by atoms with Crippen molar-refractivity contribution in [3.05, 3.63) is 41.2 Å².